The average molecular weight is 1300 g/mol. The Labute approximate surface area is 578 Å². The Morgan fingerprint density at radius 2 is 0.330 bits per heavy atom. The standard InChI is InChI=1S/C86H170O4S/c1-7-13-19-25-31-37-43-47-53-59-65-71-77-85(75-69-63-57-51-41-35-29-23-17-11-5,81-83(87)89-79-73-67-61-55-49-45-39-33-27-21-15-9-3)91-86(76-70-64-58-52-42-36-30-24-18-12-6,78-72-66-60-54-48-44-38-32-26-20-14-8-2)82-84(88)90-80-74-68-62-56-50-46-40-34-28-22-16-10-4/h7-82H2,1-6H3. The molecule has 0 aliphatic carbocycles. The van der Waals surface area contributed by atoms with Gasteiger partial charge < -0.3 is 9.47 Å². The molecule has 0 saturated heterocycles. The third kappa shape index (κ3) is 66.3. The van der Waals surface area contributed by atoms with E-state index in [4.69, 9.17) is 9.47 Å². The lowest BCUT2D eigenvalue weighted by Gasteiger charge is -2.43. The van der Waals surface area contributed by atoms with Crippen molar-refractivity contribution in [3.8, 4) is 0 Å². The molecule has 91 heavy (non-hydrogen) atoms. The quantitative estimate of drug-likeness (QED) is 0.0449. The first-order valence-corrected chi connectivity index (χ1v) is 43.7. The maximum absolute atomic E-state index is 14.8. The molecular formula is C86H170O4S. The van der Waals surface area contributed by atoms with Crippen LogP contribution in [0.5, 0.6) is 0 Å². The number of ether oxygens (including phenoxy) is 2. The van der Waals surface area contributed by atoms with E-state index >= 15 is 0 Å². The fourth-order valence-electron chi connectivity index (χ4n) is 14.7. The van der Waals surface area contributed by atoms with E-state index in [-0.39, 0.29) is 21.4 Å². The van der Waals surface area contributed by atoms with Gasteiger partial charge in [-0.05, 0) is 38.5 Å². The second-order valence-corrected chi connectivity index (χ2v) is 32.1. The molecule has 0 spiro atoms. The summed E-state index contributed by atoms with van der Waals surface area (Å²) < 4.78 is 12.4. The lowest BCUT2D eigenvalue weighted by Crippen LogP contribution is -2.39. The molecule has 0 N–H and O–H groups in total. The van der Waals surface area contributed by atoms with Gasteiger partial charge in [-0.3, -0.25) is 9.59 Å². The minimum atomic E-state index is -0.238. The minimum Gasteiger partial charge on any atom is -0.466 e. The van der Waals surface area contributed by atoms with Crippen LogP contribution in [-0.2, 0) is 19.1 Å². The van der Waals surface area contributed by atoms with Crippen LogP contribution < -0.4 is 0 Å². The Morgan fingerprint density at radius 3 is 0.484 bits per heavy atom. The summed E-state index contributed by atoms with van der Waals surface area (Å²) in [6, 6.07) is 0. The number of hydrogen-bond donors (Lipinski definition) is 0. The Balaban J connectivity index is 6.90. The summed E-state index contributed by atoms with van der Waals surface area (Å²) in [6.45, 7) is 15.0. The van der Waals surface area contributed by atoms with Crippen molar-refractivity contribution in [3.63, 3.8) is 0 Å². The van der Waals surface area contributed by atoms with Crippen LogP contribution in [-0.4, -0.2) is 34.6 Å². The van der Waals surface area contributed by atoms with Crippen molar-refractivity contribution < 1.29 is 19.1 Å². The first-order valence-electron chi connectivity index (χ1n) is 42.9. The molecule has 0 bridgehead atoms. The largest absolute Gasteiger partial charge is 0.466 e. The molecule has 0 aromatic rings. The number of unbranched alkanes of at least 4 members (excludes halogenated alkanes) is 62. The van der Waals surface area contributed by atoms with E-state index in [1.165, 1.54) is 411 Å². The number of carbonyl (C=O) groups is 2. The van der Waals surface area contributed by atoms with Gasteiger partial charge in [-0.25, -0.2) is 0 Å². The average Bonchev–Trinajstić information content (AvgIpc) is 0.870. The predicted octanol–water partition coefficient (Wildman–Crippen LogP) is 31.3. The van der Waals surface area contributed by atoms with E-state index in [1.54, 1.807) is 0 Å². The van der Waals surface area contributed by atoms with Crippen molar-refractivity contribution in [2.75, 3.05) is 13.2 Å². The first-order chi connectivity index (χ1) is 44.9. The van der Waals surface area contributed by atoms with E-state index in [1.807, 2.05) is 0 Å². The SMILES string of the molecule is CCCCCCCCCCCCCCOC(=O)CC(CCCCCCCCCCCC)(CCCCCCCCCCCCCC)SC(CCCCCCCCCCCC)(CCCCCCCCCCCCCC)CC(=O)OCCCCCCCCCCCCCC. The zero-order chi connectivity index (χ0) is 66.0. The number of thioether (sulfide) groups is 1. The molecule has 0 saturated carbocycles. The Kier molecular flexibility index (Phi) is 74.5. The fraction of sp³-hybridized carbons (Fsp3) is 0.977. The van der Waals surface area contributed by atoms with Crippen molar-refractivity contribution in [2.45, 2.75) is 526 Å². The van der Waals surface area contributed by atoms with Gasteiger partial charge in [0.15, 0.2) is 0 Å². The predicted molar refractivity (Wildman–Crippen MR) is 411 cm³/mol. The van der Waals surface area contributed by atoms with Crippen LogP contribution in [0.4, 0.5) is 0 Å². The highest BCUT2D eigenvalue weighted by Gasteiger charge is 2.44. The summed E-state index contributed by atoms with van der Waals surface area (Å²) >= 11 is 2.19. The van der Waals surface area contributed by atoms with Crippen LogP contribution in [0.15, 0.2) is 0 Å². The molecule has 2 atom stereocenters. The van der Waals surface area contributed by atoms with E-state index in [0.29, 0.717) is 26.1 Å². The highest BCUT2D eigenvalue weighted by atomic mass is 32.2. The molecule has 0 aromatic carbocycles. The third-order valence-corrected chi connectivity index (χ3v) is 22.8. The molecule has 4 nitrogen and oxygen atoms in total. The van der Waals surface area contributed by atoms with Gasteiger partial charge in [0.25, 0.3) is 0 Å². The van der Waals surface area contributed by atoms with Gasteiger partial charge in [-0.2, -0.15) is 0 Å². The second-order valence-electron chi connectivity index (χ2n) is 30.2. The maximum Gasteiger partial charge on any atom is 0.307 e. The normalized spacial score (nSPS) is 13.1. The van der Waals surface area contributed by atoms with Crippen LogP contribution in [0.1, 0.15) is 517 Å². The lowest BCUT2D eigenvalue weighted by atomic mass is 9.89. The molecule has 0 aromatic heterocycles. The van der Waals surface area contributed by atoms with Crippen LogP contribution >= 0.6 is 11.8 Å². The van der Waals surface area contributed by atoms with Crippen LogP contribution in [0, 0.1) is 0 Å². The van der Waals surface area contributed by atoms with Gasteiger partial charge in [-0.1, -0.05) is 465 Å². The topological polar surface area (TPSA) is 52.6 Å². The molecule has 0 rings (SSSR count). The fourth-order valence-corrected chi connectivity index (χ4v) is 17.0. The van der Waals surface area contributed by atoms with Gasteiger partial charge in [0, 0.05) is 9.49 Å². The zero-order valence-electron chi connectivity index (χ0n) is 63.8. The minimum absolute atomic E-state index is 0.0364. The number of hydrogen-bond acceptors (Lipinski definition) is 5. The van der Waals surface area contributed by atoms with Gasteiger partial charge in [-0.15, -0.1) is 11.8 Å². The molecule has 0 radical (unpaired) electrons. The van der Waals surface area contributed by atoms with E-state index < -0.39 is 0 Å². The molecule has 0 amide bonds. The van der Waals surface area contributed by atoms with Crippen molar-refractivity contribution in [3.05, 3.63) is 0 Å². The Bertz CT molecular complexity index is 1300. The van der Waals surface area contributed by atoms with Gasteiger partial charge in [0.05, 0.1) is 26.1 Å². The van der Waals surface area contributed by atoms with Gasteiger partial charge >= 0.3 is 11.9 Å². The first kappa shape index (κ1) is 90.3. The van der Waals surface area contributed by atoms with Crippen molar-refractivity contribution in [1.82, 2.24) is 0 Å². The number of esters is 2. The van der Waals surface area contributed by atoms with Crippen molar-refractivity contribution in [1.29, 1.82) is 0 Å². The van der Waals surface area contributed by atoms with Crippen LogP contribution in [0.3, 0.4) is 0 Å². The molecule has 2 unspecified atom stereocenters. The molecule has 0 aliphatic rings. The number of rotatable bonds is 80. The van der Waals surface area contributed by atoms with Gasteiger partial charge in [0.1, 0.15) is 0 Å². The van der Waals surface area contributed by atoms with E-state index in [9.17, 15) is 9.59 Å². The zero-order valence-corrected chi connectivity index (χ0v) is 64.6. The van der Waals surface area contributed by atoms with Crippen molar-refractivity contribution >= 4 is 23.7 Å². The Morgan fingerprint density at radius 1 is 0.198 bits per heavy atom. The number of carbonyl (C=O) groups excluding carboxylic acids is 2. The molecule has 0 fully saturated rings. The molecule has 544 valence electrons. The summed E-state index contributed by atoms with van der Waals surface area (Å²) in [4.78, 5) is 29.6. The summed E-state index contributed by atoms with van der Waals surface area (Å²) in [5.74, 6) is 0.0729. The highest BCUT2D eigenvalue weighted by Crippen LogP contribution is 2.52. The molecular weight excluding hydrogens is 1130 g/mol. The summed E-state index contributed by atoms with van der Waals surface area (Å²) in [5, 5.41) is 0. The summed E-state index contributed by atoms with van der Waals surface area (Å²) in [7, 11) is 0. The lowest BCUT2D eigenvalue weighted by molar-refractivity contribution is -0.145. The summed E-state index contributed by atoms with van der Waals surface area (Å²) in [5.41, 5.74) is 0. The van der Waals surface area contributed by atoms with Crippen LogP contribution in [0.25, 0.3) is 0 Å². The van der Waals surface area contributed by atoms with Crippen molar-refractivity contribution in [2.24, 2.45) is 0 Å². The monoisotopic (exact) mass is 1300 g/mol. The molecule has 5 heteroatoms. The molecule has 0 heterocycles. The third-order valence-electron chi connectivity index (χ3n) is 20.8. The van der Waals surface area contributed by atoms with Gasteiger partial charge in [0.2, 0.25) is 0 Å². The highest BCUT2D eigenvalue weighted by molar-refractivity contribution is 8.02. The smallest absolute Gasteiger partial charge is 0.307 e. The summed E-state index contributed by atoms with van der Waals surface area (Å²) in [6.07, 6.45) is 95.4. The van der Waals surface area contributed by atoms with E-state index in [2.05, 4.69) is 53.3 Å². The van der Waals surface area contributed by atoms with E-state index in [0.717, 1.165) is 51.4 Å². The second kappa shape index (κ2) is 75.1. The maximum atomic E-state index is 14.8. The molecule has 0 aliphatic heterocycles. The Hall–Kier alpha value is -0.710. The van der Waals surface area contributed by atoms with Crippen LogP contribution in [0.2, 0.25) is 0 Å².